The maximum absolute atomic E-state index is 13.8. The Balaban J connectivity index is 1.55. The average Bonchev–Trinajstić information content (AvgIpc) is 2.62. The van der Waals surface area contributed by atoms with Crippen LogP contribution in [0.3, 0.4) is 0 Å². The lowest BCUT2D eigenvalue weighted by Gasteiger charge is -2.37. The van der Waals surface area contributed by atoms with Gasteiger partial charge in [-0.3, -0.25) is 4.90 Å². The molecule has 1 atom stereocenters. The Labute approximate surface area is 149 Å². The summed E-state index contributed by atoms with van der Waals surface area (Å²) < 4.78 is 51.6. The van der Waals surface area contributed by atoms with E-state index in [1.807, 2.05) is 9.80 Å². The fraction of sp³-hybridized carbons (Fsp3) is 0.368. The summed E-state index contributed by atoms with van der Waals surface area (Å²) in [6.07, 6.45) is -5.25. The first-order valence-corrected chi connectivity index (χ1v) is 8.41. The van der Waals surface area contributed by atoms with Gasteiger partial charge in [-0.1, -0.05) is 24.3 Å². The highest BCUT2D eigenvalue weighted by atomic mass is 19.4. The number of aliphatic hydroxyl groups is 1. The number of rotatable bonds is 4. The van der Waals surface area contributed by atoms with Crippen LogP contribution in [-0.4, -0.2) is 42.7 Å². The number of hydrogen-bond acceptors (Lipinski definition) is 3. The molecule has 0 radical (unpaired) electrons. The second-order valence-corrected chi connectivity index (χ2v) is 6.37. The van der Waals surface area contributed by atoms with Crippen molar-refractivity contribution in [3.63, 3.8) is 0 Å². The number of halogens is 4. The van der Waals surface area contributed by atoms with E-state index in [0.717, 1.165) is 12.1 Å². The van der Waals surface area contributed by atoms with Gasteiger partial charge >= 0.3 is 6.18 Å². The first kappa shape index (κ1) is 18.7. The van der Waals surface area contributed by atoms with Crippen molar-refractivity contribution in [1.82, 2.24) is 4.90 Å². The highest BCUT2D eigenvalue weighted by Gasteiger charge is 2.30. The molecule has 140 valence electrons. The topological polar surface area (TPSA) is 26.7 Å². The predicted molar refractivity (Wildman–Crippen MR) is 91.5 cm³/mol. The van der Waals surface area contributed by atoms with Crippen LogP contribution in [-0.2, 0) is 6.18 Å². The second kappa shape index (κ2) is 7.63. The molecule has 0 aromatic heterocycles. The van der Waals surface area contributed by atoms with Crippen molar-refractivity contribution in [2.24, 2.45) is 0 Å². The molecule has 0 unspecified atom stereocenters. The minimum Gasteiger partial charge on any atom is -0.387 e. The molecule has 1 aliphatic heterocycles. The van der Waals surface area contributed by atoms with Gasteiger partial charge in [0.15, 0.2) is 0 Å². The van der Waals surface area contributed by atoms with Crippen LogP contribution < -0.4 is 4.90 Å². The zero-order chi connectivity index (χ0) is 18.7. The van der Waals surface area contributed by atoms with Crippen molar-refractivity contribution in [2.75, 3.05) is 37.6 Å². The summed E-state index contributed by atoms with van der Waals surface area (Å²) in [4.78, 5) is 3.98. The third kappa shape index (κ3) is 4.34. The number of benzene rings is 2. The molecule has 1 aliphatic rings. The zero-order valence-electron chi connectivity index (χ0n) is 14.1. The summed E-state index contributed by atoms with van der Waals surface area (Å²) in [6.45, 7) is 2.87. The number of alkyl halides is 3. The fourth-order valence-electron chi connectivity index (χ4n) is 3.12. The lowest BCUT2D eigenvalue weighted by Crippen LogP contribution is -2.47. The number of aliphatic hydroxyl groups excluding tert-OH is 1. The third-order valence-electron chi connectivity index (χ3n) is 4.62. The van der Waals surface area contributed by atoms with Gasteiger partial charge in [-0.15, -0.1) is 0 Å². The monoisotopic (exact) mass is 368 g/mol. The van der Waals surface area contributed by atoms with Crippen molar-refractivity contribution < 1.29 is 22.7 Å². The van der Waals surface area contributed by atoms with Gasteiger partial charge in [0.1, 0.15) is 5.82 Å². The molecule has 26 heavy (non-hydrogen) atoms. The first-order chi connectivity index (χ1) is 12.3. The van der Waals surface area contributed by atoms with Crippen molar-refractivity contribution >= 4 is 5.69 Å². The van der Waals surface area contributed by atoms with E-state index in [1.54, 1.807) is 18.2 Å². The van der Waals surface area contributed by atoms with Crippen molar-refractivity contribution in [2.45, 2.75) is 12.3 Å². The number of anilines is 1. The maximum atomic E-state index is 13.8. The van der Waals surface area contributed by atoms with E-state index in [4.69, 9.17) is 0 Å². The van der Waals surface area contributed by atoms with E-state index in [1.165, 1.54) is 18.2 Å². The summed E-state index contributed by atoms with van der Waals surface area (Å²) >= 11 is 0. The molecule has 2 aromatic carbocycles. The fourth-order valence-corrected chi connectivity index (χ4v) is 3.12. The Hall–Kier alpha value is -2.12. The van der Waals surface area contributed by atoms with Gasteiger partial charge < -0.3 is 10.0 Å². The molecule has 3 nitrogen and oxygen atoms in total. The quantitative estimate of drug-likeness (QED) is 0.834. The second-order valence-electron chi connectivity index (χ2n) is 6.37. The van der Waals surface area contributed by atoms with Crippen molar-refractivity contribution in [3.05, 3.63) is 65.5 Å². The van der Waals surface area contributed by atoms with Crippen LogP contribution in [0, 0.1) is 5.82 Å². The smallest absolute Gasteiger partial charge is 0.387 e. The van der Waals surface area contributed by atoms with Crippen LogP contribution in [0.25, 0.3) is 0 Å². The van der Waals surface area contributed by atoms with E-state index < -0.39 is 17.8 Å². The molecule has 1 N–H and O–H groups in total. The van der Waals surface area contributed by atoms with Crippen LogP contribution in [0.2, 0.25) is 0 Å². The Kier molecular flexibility index (Phi) is 5.48. The molecule has 1 heterocycles. The molecule has 1 saturated heterocycles. The van der Waals surface area contributed by atoms with Crippen LogP contribution >= 0.6 is 0 Å². The first-order valence-electron chi connectivity index (χ1n) is 8.41. The Bertz CT molecular complexity index is 725. The number of piperazine rings is 1. The molecule has 0 saturated carbocycles. The van der Waals surface area contributed by atoms with Gasteiger partial charge in [-0.25, -0.2) is 4.39 Å². The van der Waals surface area contributed by atoms with Crippen LogP contribution in [0.4, 0.5) is 23.2 Å². The molecule has 7 heteroatoms. The number of para-hydroxylation sites is 1. The molecular weight excluding hydrogens is 348 g/mol. The number of nitrogens with zero attached hydrogens (tertiary/aromatic N) is 2. The summed E-state index contributed by atoms with van der Waals surface area (Å²) in [5, 5.41) is 10.3. The summed E-state index contributed by atoms with van der Waals surface area (Å²) in [5.74, 6) is -0.259. The molecule has 1 fully saturated rings. The van der Waals surface area contributed by atoms with Crippen LogP contribution in [0.5, 0.6) is 0 Å². The largest absolute Gasteiger partial charge is 0.416 e. The normalized spacial score (nSPS) is 17.3. The summed E-state index contributed by atoms with van der Waals surface area (Å²) in [7, 11) is 0. The van der Waals surface area contributed by atoms with E-state index in [0.29, 0.717) is 44.0 Å². The van der Waals surface area contributed by atoms with E-state index in [2.05, 4.69) is 0 Å². The summed E-state index contributed by atoms with van der Waals surface area (Å²) in [6, 6.07) is 11.2. The minimum absolute atomic E-state index is 0.259. The maximum Gasteiger partial charge on any atom is 0.416 e. The lowest BCUT2D eigenvalue weighted by molar-refractivity contribution is -0.137. The predicted octanol–water partition coefficient (Wildman–Crippen LogP) is 3.70. The highest BCUT2D eigenvalue weighted by molar-refractivity contribution is 5.48. The van der Waals surface area contributed by atoms with Crippen molar-refractivity contribution in [3.8, 4) is 0 Å². The lowest BCUT2D eigenvalue weighted by atomic mass is 10.1. The van der Waals surface area contributed by atoms with E-state index >= 15 is 0 Å². The zero-order valence-corrected chi connectivity index (χ0v) is 14.1. The molecule has 0 spiro atoms. The average molecular weight is 368 g/mol. The molecular formula is C19H20F4N2O. The molecule has 3 rings (SSSR count). The Morgan fingerprint density at radius 1 is 0.923 bits per heavy atom. The molecule has 0 amide bonds. The number of hydrogen-bond donors (Lipinski definition) is 1. The van der Waals surface area contributed by atoms with E-state index in [9.17, 15) is 22.7 Å². The Morgan fingerprint density at radius 3 is 2.12 bits per heavy atom. The third-order valence-corrected chi connectivity index (χ3v) is 4.62. The highest BCUT2D eigenvalue weighted by Crippen LogP contribution is 2.30. The van der Waals surface area contributed by atoms with Crippen molar-refractivity contribution in [1.29, 1.82) is 0 Å². The molecule has 2 aromatic rings. The van der Waals surface area contributed by atoms with Gasteiger partial charge in [0.25, 0.3) is 0 Å². The van der Waals surface area contributed by atoms with Crippen LogP contribution in [0.1, 0.15) is 17.2 Å². The molecule has 0 bridgehead atoms. The minimum atomic E-state index is -4.38. The van der Waals surface area contributed by atoms with Gasteiger partial charge in [0.2, 0.25) is 0 Å². The van der Waals surface area contributed by atoms with Gasteiger partial charge in [0.05, 0.1) is 17.4 Å². The summed E-state index contributed by atoms with van der Waals surface area (Å²) in [5.41, 5.74) is 0.289. The number of β-amino-alcohol motifs (C(OH)–C–C–N with tert-alkyl or cyclic N) is 1. The van der Waals surface area contributed by atoms with E-state index in [-0.39, 0.29) is 5.82 Å². The van der Waals surface area contributed by atoms with Crippen LogP contribution in [0.15, 0.2) is 48.5 Å². The molecule has 0 aliphatic carbocycles. The standard InChI is InChI=1S/C19H20F4N2O/c20-16-3-1-2-4-17(16)25-11-9-24(10-12-25)13-18(26)14-5-7-15(8-6-14)19(21,22)23/h1-8,18,26H,9-13H2/t18-/m0/s1. The Morgan fingerprint density at radius 2 is 1.54 bits per heavy atom. The van der Waals surface area contributed by atoms with Gasteiger partial charge in [-0.2, -0.15) is 13.2 Å². The SMILES string of the molecule is O[C@@H](CN1CCN(c2ccccc2F)CC1)c1ccc(C(F)(F)F)cc1. The van der Waals surface area contributed by atoms with Gasteiger partial charge in [-0.05, 0) is 29.8 Å². The van der Waals surface area contributed by atoms with Gasteiger partial charge in [0, 0.05) is 32.7 Å².